The normalized spacial score (nSPS) is 44.6. The van der Waals surface area contributed by atoms with Gasteiger partial charge < -0.3 is 9.84 Å². The van der Waals surface area contributed by atoms with E-state index in [0.717, 1.165) is 32.1 Å². The van der Waals surface area contributed by atoms with E-state index in [0.29, 0.717) is 35.5 Å². The van der Waals surface area contributed by atoms with E-state index in [-0.39, 0.29) is 34.9 Å². The molecule has 33 heavy (non-hydrogen) atoms. The van der Waals surface area contributed by atoms with E-state index in [9.17, 15) is 9.90 Å². The van der Waals surface area contributed by atoms with Crippen LogP contribution in [-0.2, 0) is 9.53 Å². The monoisotopic (exact) mass is 456 g/mol. The summed E-state index contributed by atoms with van der Waals surface area (Å²) in [5.41, 5.74) is 1.89. The largest absolute Gasteiger partial charge is 0.463 e. The van der Waals surface area contributed by atoms with E-state index < -0.39 is 0 Å². The Morgan fingerprint density at radius 3 is 2.52 bits per heavy atom. The Balaban J connectivity index is 1.55. The van der Waals surface area contributed by atoms with E-state index in [1.165, 1.54) is 19.8 Å². The van der Waals surface area contributed by atoms with Crippen LogP contribution in [0, 0.1) is 52.3 Å². The first-order valence-corrected chi connectivity index (χ1v) is 13.7. The zero-order valence-electron chi connectivity index (χ0n) is 22.1. The van der Waals surface area contributed by atoms with Crippen LogP contribution in [-0.4, -0.2) is 23.3 Å². The smallest absolute Gasteiger partial charge is 0.302 e. The third-order valence-electron chi connectivity index (χ3n) is 10.8. The van der Waals surface area contributed by atoms with Gasteiger partial charge in [-0.25, -0.2) is 0 Å². The van der Waals surface area contributed by atoms with Gasteiger partial charge in [-0.2, -0.15) is 0 Å². The Labute approximate surface area is 202 Å². The summed E-state index contributed by atoms with van der Waals surface area (Å²) in [4.78, 5) is 11.5. The van der Waals surface area contributed by atoms with Gasteiger partial charge >= 0.3 is 5.97 Å². The van der Waals surface area contributed by atoms with Crippen molar-refractivity contribution in [2.45, 2.75) is 106 Å². The van der Waals surface area contributed by atoms with Crippen molar-refractivity contribution in [2.75, 3.05) is 0 Å². The lowest BCUT2D eigenvalue weighted by Gasteiger charge is -2.59. The molecule has 0 saturated heterocycles. The van der Waals surface area contributed by atoms with Crippen molar-refractivity contribution in [1.29, 1.82) is 0 Å². The van der Waals surface area contributed by atoms with Crippen molar-refractivity contribution >= 4 is 5.97 Å². The maximum absolute atomic E-state index is 11.7. The van der Waals surface area contributed by atoms with Crippen LogP contribution in [0.15, 0.2) is 23.8 Å². The highest BCUT2D eigenvalue weighted by atomic mass is 16.5. The fraction of sp³-hybridized carbons (Fsp3) is 0.833. The zero-order chi connectivity index (χ0) is 24.1. The number of hydrogen-bond acceptors (Lipinski definition) is 3. The highest BCUT2D eigenvalue weighted by Crippen LogP contribution is 2.66. The molecule has 186 valence electrons. The lowest BCUT2D eigenvalue weighted by atomic mass is 9.47. The molecule has 0 spiro atoms. The minimum absolute atomic E-state index is 0.0539. The van der Waals surface area contributed by atoms with Gasteiger partial charge in [0.15, 0.2) is 0 Å². The average Bonchev–Trinajstić information content (AvgIpc) is 3.07. The molecule has 0 amide bonds. The Bertz CT molecular complexity index is 796. The number of esters is 1. The Morgan fingerprint density at radius 2 is 1.85 bits per heavy atom. The van der Waals surface area contributed by atoms with Crippen molar-refractivity contribution < 1.29 is 14.6 Å². The predicted octanol–water partition coefficient (Wildman–Crippen LogP) is 6.95. The molecule has 3 saturated carbocycles. The molecule has 3 heteroatoms. The van der Waals surface area contributed by atoms with Gasteiger partial charge in [0.2, 0.25) is 0 Å². The standard InChI is InChI=1S/C30H48O3/c1-18(2)19(3)8-9-20(4)25-12-13-26-24-11-10-22-16-23(33-21(5)31)14-15-29(22,6)28(24)27(32)17-30(25,26)7/h8-9,11,18-20,22-23,25-28,32H,10,12-17H2,1-7H3. The summed E-state index contributed by atoms with van der Waals surface area (Å²) in [5, 5.41) is 11.7. The van der Waals surface area contributed by atoms with Crippen LogP contribution in [0.2, 0.25) is 0 Å². The summed E-state index contributed by atoms with van der Waals surface area (Å²) in [5.74, 6) is 3.70. The number of rotatable bonds is 5. The molecule has 4 rings (SSSR count). The highest BCUT2D eigenvalue weighted by molar-refractivity contribution is 5.66. The fourth-order valence-corrected chi connectivity index (χ4v) is 8.55. The third kappa shape index (κ3) is 4.37. The lowest BCUT2D eigenvalue weighted by Crippen LogP contribution is -2.55. The van der Waals surface area contributed by atoms with Gasteiger partial charge in [-0.15, -0.1) is 0 Å². The molecule has 0 aromatic rings. The number of carbonyl (C=O) groups is 1. The Kier molecular flexibility index (Phi) is 6.95. The average molecular weight is 457 g/mol. The molecule has 4 aliphatic rings. The SMILES string of the molecule is CC(=O)OC1CCC2(C)C(CC=C3C4CCC(C(C)C=CC(C)C(C)C)C4(C)CC(O)C32)C1. The second kappa shape index (κ2) is 9.17. The minimum Gasteiger partial charge on any atom is -0.463 e. The van der Waals surface area contributed by atoms with Crippen molar-refractivity contribution in [3.8, 4) is 0 Å². The second-order valence-electron chi connectivity index (χ2n) is 13.0. The molecule has 3 nitrogen and oxygen atoms in total. The number of allylic oxidation sites excluding steroid dienone is 3. The first-order chi connectivity index (χ1) is 15.5. The van der Waals surface area contributed by atoms with Gasteiger partial charge in [-0.3, -0.25) is 4.79 Å². The lowest BCUT2D eigenvalue weighted by molar-refractivity contribution is -0.154. The van der Waals surface area contributed by atoms with Crippen LogP contribution in [0.3, 0.4) is 0 Å². The molecule has 4 aliphatic carbocycles. The fourth-order valence-electron chi connectivity index (χ4n) is 8.55. The van der Waals surface area contributed by atoms with E-state index in [1.54, 1.807) is 5.57 Å². The summed E-state index contributed by atoms with van der Waals surface area (Å²) in [6.45, 7) is 15.8. The molecule has 0 heterocycles. The van der Waals surface area contributed by atoms with E-state index >= 15 is 0 Å². The molecule has 0 aromatic carbocycles. The quantitative estimate of drug-likeness (QED) is 0.359. The number of aliphatic hydroxyl groups excluding tert-OH is 1. The maximum Gasteiger partial charge on any atom is 0.302 e. The molecule has 1 N–H and O–H groups in total. The number of fused-ring (bicyclic) bond motifs is 5. The van der Waals surface area contributed by atoms with Gasteiger partial charge in [0.1, 0.15) is 6.10 Å². The molecular weight excluding hydrogens is 408 g/mol. The summed E-state index contributed by atoms with van der Waals surface area (Å²) in [6, 6.07) is 0. The number of carbonyl (C=O) groups excluding carboxylic acids is 1. The van der Waals surface area contributed by atoms with Gasteiger partial charge in [0.05, 0.1) is 6.10 Å². The van der Waals surface area contributed by atoms with Crippen LogP contribution < -0.4 is 0 Å². The summed E-state index contributed by atoms with van der Waals surface area (Å²) < 4.78 is 5.60. The van der Waals surface area contributed by atoms with Crippen LogP contribution in [0.5, 0.6) is 0 Å². The molecule has 10 atom stereocenters. The molecule has 10 unspecified atom stereocenters. The Morgan fingerprint density at radius 1 is 1.12 bits per heavy atom. The van der Waals surface area contributed by atoms with Crippen LogP contribution in [0.25, 0.3) is 0 Å². The summed E-state index contributed by atoms with van der Waals surface area (Å²) >= 11 is 0. The first-order valence-electron chi connectivity index (χ1n) is 13.7. The first kappa shape index (κ1) is 25.0. The number of hydrogen-bond donors (Lipinski definition) is 1. The highest BCUT2D eigenvalue weighted by Gasteiger charge is 2.61. The van der Waals surface area contributed by atoms with Gasteiger partial charge in [-0.1, -0.05) is 65.3 Å². The third-order valence-corrected chi connectivity index (χ3v) is 10.8. The van der Waals surface area contributed by atoms with E-state index in [1.807, 2.05) is 0 Å². The predicted molar refractivity (Wildman–Crippen MR) is 134 cm³/mol. The van der Waals surface area contributed by atoms with Crippen LogP contribution in [0.1, 0.15) is 93.4 Å². The zero-order valence-corrected chi connectivity index (χ0v) is 22.1. The molecule has 0 bridgehead atoms. The number of aliphatic hydroxyl groups is 1. The van der Waals surface area contributed by atoms with Crippen molar-refractivity contribution in [3.05, 3.63) is 23.8 Å². The molecule has 0 aromatic heterocycles. The second-order valence-corrected chi connectivity index (χ2v) is 13.0. The Hall–Kier alpha value is -1.09. The van der Waals surface area contributed by atoms with Gasteiger partial charge in [-0.05, 0) is 91.3 Å². The number of ether oxygens (including phenoxy) is 1. The van der Waals surface area contributed by atoms with Crippen LogP contribution >= 0.6 is 0 Å². The minimum atomic E-state index is -0.262. The molecular formula is C30H48O3. The van der Waals surface area contributed by atoms with Gasteiger partial charge in [0.25, 0.3) is 0 Å². The van der Waals surface area contributed by atoms with E-state index in [4.69, 9.17) is 4.74 Å². The van der Waals surface area contributed by atoms with Crippen LogP contribution in [0.4, 0.5) is 0 Å². The topological polar surface area (TPSA) is 46.5 Å². The van der Waals surface area contributed by atoms with Crippen molar-refractivity contribution in [2.24, 2.45) is 52.3 Å². The maximum atomic E-state index is 11.7. The molecule has 0 radical (unpaired) electrons. The molecule has 0 aliphatic heterocycles. The van der Waals surface area contributed by atoms with Crippen molar-refractivity contribution in [3.63, 3.8) is 0 Å². The van der Waals surface area contributed by atoms with Gasteiger partial charge in [0, 0.05) is 12.8 Å². The summed E-state index contributed by atoms with van der Waals surface area (Å²) in [6.07, 6.45) is 14.7. The molecule has 3 fully saturated rings. The summed E-state index contributed by atoms with van der Waals surface area (Å²) in [7, 11) is 0. The van der Waals surface area contributed by atoms with E-state index in [2.05, 4.69) is 59.8 Å². The van der Waals surface area contributed by atoms with Crippen molar-refractivity contribution in [1.82, 2.24) is 0 Å².